The largest absolute Gasteiger partial charge is 0.491 e. The zero-order chi connectivity index (χ0) is 15.4. The van der Waals surface area contributed by atoms with E-state index in [-0.39, 0.29) is 12.4 Å². The van der Waals surface area contributed by atoms with Crippen LogP contribution in [0.5, 0.6) is 5.75 Å². The minimum atomic E-state index is -3.60. The van der Waals surface area contributed by atoms with Gasteiger partial charge in [0, 0.05) is 16.1 Å². The van der Waals surface area contributed by atoms with E-state index < -0.39 is 14.5 Å². The van der Waals surface area contributed by atoms with Crippen LogP contribution >= 0.6 is 33.9 Å². The lowest BCUT2D eigenvalue weighted by Gasteiger charge is -2.30. The molecular formula is C13H17Cl3O3S. The maximum absolute atomic E-state index is 11.4. The van der Waals surface area contributed by atoms with Crippen molar-refractivity contribution >= 4 is 42.9 Å². The minimum Gasteiger partial charge on any atom is -0.491 e. The molecule has 0 radical (unpaired) electrons. The second kappa shape index (κ2) is 7.21. The smallest absolute Gasteiger partial charge is 0.233 e. The van der Waals surface area contributed by atoms with Crippen molar-refractivity contribution in [3.63, 3.8) is 0 Å². The molecule has 7 heteroatoms. The quantitative estimate of drug-likeness (QED) is 0.660. The van der Waals surface area contributed by atoms with E-state index in [4.69, 9.17) is 38.6 Å². The monoisotopic (exact) mass is 358 g/mol. The topological polar surface area (TPSA) is 43.4 Å². The van der Waals surface area contributed by atoms with Gasteiger partial charge in [-0.15, -0.1) is 0 Å². The second-order valence-electron chi connectivity index (χ2n) is 4.73. The van der Waals surface area contributed by atoms with E-state index in [2.05, 4.69) is 0 Å². The first-order chi connectivity index (χ1) is 9.23. The maximum Gasteiger partial charge on any atom is 0.233 e. The summed E-state index contributed by atoms with van der Waals surface area (Å²) in [5.41, 5.74) is -0.535. The summed E-state index contributed by atoms with van der Waals surface area (Å²) in [4.78, 5) is 0. The van der Waals surface area contributed by atoms with Gasteiger partial charge >= 0.3 is 0 Å². The molecule has 0 unspecified atom stereocenters. The van der Waals surface area contributed by atoms with Crippen molar-refractivity contribution in [3.8, 4) is 5.75 Å². The highest BCUT2D eigenvalue weighted by atomic mass is 35.7. The summed E-state index contributed by atoms with van der Waals surface area (Å²) in [5, 5.41) is 0.719. The van der Waals surface area contributed by atoms with Crippen LogP contribution in [-0.2, 0) is 9.05 Å². The number of benzene rings is 1. The first-order valence-corrected chi connectivity index (χ1v) is 9.45. The molecule has 1 rings (SSSR count). The molecular weight excluding hydrogens is 343 g/mol. The molecule has 0 saturated carbocycles. The van der Waals surface area contributed by atoms with E-state index in [1.54, 1.807) is 18.2 Å². The molecule has 0 amide bonds. The first-order valence-electron chi connectivity index (χ1n) is 6.22. The Kier molecular flexibility index (Phi) is 6.45. The lowest BCUT2D eigenvalue weighted by atomic mass is 9.85. The van der Waals surface area contributed by atoms with Crippen molar-refractivity contribution in [3.05, 3.63) is 28.2 Å². The Hall–Kier alpha value is -0.160. The van der Waals surface area contributed by atoms with Gasteiger partial charge in [-0.3, -0.25) is 0 Å². The summed E-state index contributed by atoms with van der Waals surface area (Å²) < 4.78 is 28.4. The number of hydrogen-bond acceptors (Lipinski definition) is 3. The highest BCUT2D eigenvalue weighted by molar-refractivity contribution is 8.13. The molecule has 0 atom stereocenters. The molecule has 0 spiro atoms. The number of hydrogen-bond donors (Lipinski definition) is 0. The number of halogens is 3. The lowest BCUT2D eigenvalue weighted by Crippen LogP contribution is -2.33. The molecule has 0 bridgehead atoms. The summed E-state index contributed by atoms with van der Waals surface area (Å²) in [5.74, 6) is 0.310. The Bertz CT molecular complexity index is 554. The van der Waals surface area contributed by atoms with E-state index in [1.165, 1.54) is 0 Å². The van der Waals surface area contributed by atoms with Gasteiger partial charge in [0.1, 0.15) is 10.8 Å². The van der Waals surface area contributed by atoms with E-state index in [0.717, 1.165) is 0 Å². The molecule has 1 aromatic rings. The zero-order valence-corrected chi connectivity index (χ0v) is 14.4. The fraction of sp³-hybridized carbons (Fsp3) is 0.538. The van der Waals surface area contributed by atoms with Gasteiger partial charge in [0.2, 0.25) is 9.05 Å². The Morgan fingerprint density at radius 2 is 1.80 bits per heavy atom. The standard InChI is InChI=1S/C13H17Cl3O3S/c1-3-13(4-2,9-20(16,17)18)8-19-11-7-5-6-10(14)12(11)15/h5-7H,3-4,8-9H2,1-2H3. The van der Waals surface area contributed by atoms with Gasteiger partial charge in [-0.05, 0) is 25.0 Å². The van der Waals surface area contributed by atoms with Crippen molar-refractivity contribution in [1.82, 2.24) is 0 Å². The summed E-state index contributed by atoms with van der Waals surface area (Å²) in [7, 11) is 1.79. The molecule has 0 heterocycles. The Labute approximate surface area is 134 Å². The van der Waals surface area contributed by atoms with Gasteiger partial charge < -0.3 is 4.74 Å². The fourth-order valence-corrected chi connectivity index (χ4v) is 4.16. The molecule has 20 heavy (non-hydrogen) atoms. The summed E-state index contributed by atoms with van der Waals surface area (Å²) in [6.07, 6.45) is 1.27. The summed E-state index contributed by atoms with van der Waals surface area (Å²) in [6, 6.07) is 5.08. The van der Waals surface area contributed by atoms with Gasteiger partial charge in [0.05, 0.1) is 17.4 Å². The summed E-state index contributed by atoms with van der Waals surface area (Å²) >= 11 is 11.9. The van der Waals surface area contributed by atoms with Crippen molar-refractivity contribution in [1.29, 1.82) is 0 Å². The van der Waals surface area contributed by atoms with Crippen LogP contribution in [0.3, 0.4) is 0 Å². The van der Waals surface area contributed by atoms with Gasteiger partial charge in [0.25, 0.3) is 0 Å². The van der Waals surface area contributed by atoms with Gasteiger partial charge in [-0.1, -0.05) is 43.1 Å². The summed E-state index contributed by atoms with van der Waals surface area (Å²) in [6.45, 7) is 4.04. The Balaban J connectivity index is 2.90. The zero-order valence-electron chi connectivity index (χ0n) is 11.3. The van der Waals surface area contributed by atoms with Crippen LogP contribution in [0.15, 0.2) is 18.2 Å². The lowest BCUT2D eigenvalue weighted by molar-refractivity contribution is 0.155. The molecule has 0 fully saturated rings. The van der Waals surface area contributed by atoms with Gasteiger partial charge in [-0.25, -0.2) is 8.42 Å². The fourth-order valence-electron chi connectivity index (χ4n) is 1.89. The molecule has 1 aromatic carbocycles. The molecule has 0 N–H and O–H groups in total. The molecule has 0 aliphatic rings. The highest BCUT2D eigenvalue weighted by Crippen LogP contribution is 2.35. The van der Waals surface area contributed by atoms with Gasteiger partial charge in [0.15, 0.2) is 0 Å². The highest BCUT2D eigenvalue weighted by Gasteiger charge is 2.32. The Morgan fingerprint density at radius 3 is 2.30 bits per heavy atom. The van der Waals surface area contributed by atoms with E-state index in [0.29, 0.717) is 28.6 Å². The predicted molar refractivity (Wildman–Crippen MR) is 84.6 cm³/mol. The molecule has 0 aliphatic heterocycles. The first kappa shape index (κ1) is 17.9. The van der Waals surface area contributed by atoms with E-state index >= 15 is 0 Å². The molecule has 114 valence electrons. The van der Waals surface area contributed by atoms with Crippen molar-refractivity contribution in [2.24, 2.45) is 5.41 Å². The van der Waals surface area contributed by atoms with Crippen molar-refractivity contribution in [2.45, 2.75) is 26.7 Å². The van der Waals surface area contributed by atoms with Crippen LogP contribution in [0.1, 0.15) is 26.7 Å². The number of ether oxygens (including phenoxy) is 1. The van der Waals surface area contributed by atoms with Crippen LogP contribution in [0, 0.1) is 5.41 Å². The van der Waals surface area contributed by atoms with Crippen LogP contribution in [-0.4, -0.2) is 20.8 Å². The van der Waals surface area contributed by atoms with E-state index in [9.17, 15) is 8.42 Å². The maximum atomic E-state index is 11.4. The second-order valence-corrected chi connectivity index (χ2v) is 8.29. The molecule has 0 saturated heterocycles. The SMILES string of the molecule is CCC(CC)(COc1cccc(Cl)c1Cl)CS(=O)(=O)Cl. The third kappa shape index (κ3) is 4.99. The number of rotatable bonds is 7. The van der Waals surface area contributed by atoms with Crippen LogP contribution in [0.4, 0.5) is 0 Å². The molecule has 0 aliphatic carbocycles. The average Bonchev–Trinajstić information content (AvgIpc) is 2.37. The van der Waals surface area contributed by atoms with Crippen molar-refractivity contribution < 1.29 is 13.2 Å². The minimum absolute atomic E-state index is 0.132. The Morgan fingerprint density at radius 1 is 1.20 bits per heavy atom. The third-order valence-corrected chi connectivity index (χ3v) is 5.51. The molecule has 3 nitrogen and oxygen atoms in total. The third-order valence-electron chi connectivity index (χ3n) is 3.43. The normalized spacial score (nSPS) is 12.4. The average molecular weight is 360 g/mol. The van der Waals surface area contributed by atoms with Crippen LogP contribution < -0.4 is 4.74 Å². The van der Waals surface area contributed by atoms with Gasteiger partial charge in [-0.2, -0.15) is 0 Å². The van der Waals surface area contributed by atoms with Crippen LogP contribution in [0.2, 0.25) is 10.0 Å². The van der Waals surface area contributed by atoms with E-state index in [1.807, 2.05) is 13.8 Å². The molecule has 0 aromatic heterocycles. The van der Waals surface area contributed by atoms with Crippen molar-refractivity contribution in [2.75, 3.05) is 12.4 Å². The predicted octanol–water partition coefficient (Wildman–Crippen LogP) is 4.75. The van der Waals surface area contributed by atoms with Crippen LogP contribution in [0.25, 0.3) is 0 Å².